The molecule has 32 heavy (non-hydrogen) atoms. The molecule has 4 aromatic rings. The topological polar surface area (TPSA) is 42.7 Å². The second-order valence-electron chi connectivity index (χ2n) is 7.25. The molecule has 1 heterocycles. The molecule has 0 aliphatic carbocycles. The number of rotatable bonds is 8. The van der Waals surface area contributed by atoms with E-state index in [2.05, 4.69) is 5.32 Å². The number of nitrogens with zero attached hydrogens (tertiary/aromatic N) is 3. The summed E-state index contributed by atoms with van der Waals surface area (Å²) in [7, 11) is 0. The van der Waals surface area contributed by atoms with Gasteiger partial charge in [0.15, 0.2) is 0 Å². The Morgan fingerprint density at radius 1 is 0.781 bits per heavy atom. The zero-order valence-corrected chi connectivity index (χ0v) is 20.1. The average molecular weight is 506 g/mol. The predicted octanol–water partition coefficient (Wildman–Crippen LogP) is 6.94. The zero-order valence-electron chi connectivity index (χ0n) is 17.0. The number of hydrogen-bond donors (Lipinski definition) is 1. The number of benzene rings is 3. The Labute approximate surface area is 207 Å². The molecule has 0 bridgehead atoms. The van der Waals surface area contributed by atoms with Gasteiger partial charge in [0, 0.05) is 37.8 Å². The Morgan fingerprint density at radius 3 is 2.25 bits per heavy atom. The summed E-state index contributed by atoms with van der Waals surface area (Å²) in [5, 5.41) is 15.4. The van der Waals surface area contributed by atoms with Crippen LogP contribution in [-0.4, -0.2) is 21.5 Å². The Balaban J connectivity index is 1.51. The van der Waals surface area contributed by atoms with E-state index < -0.39 is 0 Å². The van der Waals surface area contributed by atoms with Crippen LogP contribution in [0.15, 0.2) is 66.7 Å². The van der Waals surface area contributed by atoms with E-state index in [1.54, 1.807) is 10.9 Å². The van der Waals surface area contributed by atoms with Crippen LogP contribution in [0, 0.1) is 0 Å². The fraction of sp³-hybridized carbons (Fsp3) is 0.167. The molecule has 8 heteroatoms. The summed E-state index contributed by atoms with van der Waals surface area (Å²) in [6, 6.07) is 21.0. The van der Waals surface area contributed by atoms with Gasteiger partial charge in [0.25, 0.3) is 0 Å². The zero-order chi connectivity index (χ0) is 22.5. The fourth-order valence-corrected chi connectivity index (χ4v) is 4.39. The van der Waals surface area contributed by atoms with Gasteiger partial charge in [-0.25, -0.2) is 0 Å². The molecule has 1 aromatic heterocycles. The summed E-state index contributed by atoms with van der Waals surface area (Å²) >= 11 is 24.9. The van der Waals surface area contributed by atoms with Gasteiger partial charge in [-0.15, -0.1) is 0 Å². The van der Waals surface area contributed by atoms with Crippen LogP contribution < -0.4 is 5.32 Å². The van der Waals surface area contributed by atoms with Crippen molar-refractivity contribution in [2.75, 3.05) is 6.54 Å². The molecule has 0 saturated heterocycles. The lowest BCUT2D eigenvalue weighted by atomic mass is 10.1. The normalized spacial score (nSPS) is 11.1. The van der Waals surface area contributed by atoms with Gasteiger partial charge >= 0.3 is 0 Å². The van der Waals surface area contributed by atoms with Crippen molar-refractivity contribution in [1.29, 1.82) is 0 Å². The first-order chi connectivity index (χ1) is 15.5. The van der Waals surface area contributed by atoms with Gasteiger partial charge in [-0.1, -0.05) is 88.9 Å². The Kier molecular flexibility index (Phi) is 7.71. The average Bonchev–Trinajstić information content (AvgIpc) is 3.18. The van der Waals surface area contributed by atoms with Crippen LogP contribution in [0.5, 0.6) is 0 Å². The lowest BCUT2D eigenvalue weighted by molar-refractivity contribution is 0.577. The maximum atomic E-state index is 6.34. The largest absolute Gasteiger partial charge is 0.311 e. The summed E-state index contributed by atoms with van der Waals surface area (Å²) in [4.78, 5) is 1.64. The van der Waals surface area contributed by atoms with E-state index in [0.717, 1.165) is 41.0 Å². The predicted molar refractivity (Wildman–Crippen MR) is 133 cm³/mol. The van der Waals surface area contributed by atoms with Crippen molar-refractivity contribution in [3.63, 3.8) is 0 Å². The number of nitrogens with one attached hydrogen (secondary N) is 1. The van der Waals surface area contributed by atoms with Gasteiger partial charge in [-0.05, 0) is 42.8 Å². The Morgan fingerprint density at radius 2 is 1.53 bits per heavy atom. The molecule has 0 radical (unpaired) electrons. The van der Waals surface area contributed by atoms with Crippen LogP contribution in [-0.2, 0) is 19.5 Å². The van der Waals surface area contributed by atoms with E-state index in [9.17, 15) is 0 Å². The molecule has 164 valence electrons. The van der Waals surface area contributed by atoms with Crippen molar-refractivity contribution in [1.82, 2.24) is 20.3 Å². The van der Waals surface area contributed by atoms with Crippen molar-refractivity contribution < 1.29 is 0 Å². The van der Waals surface area contributed by atoms with Crippen LogP contribution in [0.2, 0.25) is 20.1 Å². The van der Waals surface area contributed by atoms with E-state index in [1.165, 1.54) is 0 Å². The van der Waals surface area contributed by atoms with E-state index in [0.29, 0.717) is 33.2 Å². The highest BCUT2D eigenvalue weighted by atomic mass is 35.5. The number of aromatic nitrogens is 3. The lowest BCUT2D eigenvalue weighted by Crippen LogP contribution is -2.18. The number of hydrogen-bond acceptors (Lipinski definition) is 3. The maximum Gasteiger partial charge on any atom is 0.117 e. The van der Waals surface area contributed by atoms with Crippen LogP contribution >= 0.6 is 46.4 Å². The number of halogens is 4. The second-order valence-corrected chi connectivity index (χ2v) is 8.91. The van der Waals surface area contributed by atoms with E-state index >= 15 is 0 Å². The first-order valence-electron chi connectivity index (χ1n) is 10.1. The molecule has 3 aromatic carbocycles. The minimum atomic E-state index is 0.388. The molecule has 0 unspecified atom stereocenters. The molecule has 0 spiro atoms. The third-order valence-corrected chi connectivity index (χ3v) is 6.31. The lowest BCUT2D eigenvalue weighted by Gasteiger charge is -2.07. The van der Waals surface area contributed by atoms with Gasteiger partial charge in [-0.2, -0.15) is 15.0 Å². The molecule has 0 amide bonds. The van der Waals surface area contributed by atoms with Gasteiger partial charge in [0.2, 0.25) is 0 Å². The van der Waals surface area contributed by atoms with Crippen molar-refractivity contribution in [2.24, 2.45) is 0 Å². The van der Waals surface area contributed by atoms with E-state index in [1.807, 2.05) is 60.7 Å². The maximum absolute atomic E-state index is 6.34. The van der Waals surface area contributed by atoms with Gasteiger partial charge in [0.05, 0.1) is 6.54 Å². The molecule has 0 aliphatic heterocycles. The van der Waals surface area contributed by atoms with E-state index in [4.69, 9.17) is 56.6 Å². The molecule has 1 N–H and O–H groups in total. The smallest absolute Gasteiger partial charge is 0.117 e. The van der Waals surface area contributed by atoms with Crippen LogP contribution in [0.1, 0.15) is 16.8 Å². The third-order valence-electron chi connectivity index (χ3n) is 5.01. The standard InChI is InChI=1S/C24H20Cl4N4/c25-18-10-9-16(22(28)13-18)11-12-29-14-23-24(17-5-2-1-3-6-17)31-32(30-23)15-19-20(26)7-4-8-21(19)27/h1-10,13,29H,11-12,14-15H2. The van der Waals surface area contributed by atoms with Crippen molar-refractivity contribution in [2.45, 2.75) is 19.5 Å². The van der Waals surface area contributed by atoms with E-state index in [-0.39, 0.29) is 0 Å². The minimum absolute atomic E-state index is 0.388. The minimum Gasteiger partial charge on any atom is -0.311 e. The summed E-state index contributed by atoms with van der Waals surface area (Å²) in [5.74, 6) is 0. The molecule has 0 saturated carbocycles. The summed E-state index contributed by atoms with van der Waals surface area (Å²) in [5.41, 5.74) is 4.51. The first kappa shape index (κ1) is 23.1. The summed E-state index contributed by atoms with van der Waals surface area (Å²) < 4.78 is 0. The van der Waals surface area contributed by atoms with Crippen LogP contribution in [0.3, 0.4) is 0 Å². The SMILES string of the molecule is Clc1ccc(CCNCc2nn(Cc3c(Cl)cccc3Cl)nc2-c2ccccc2)c(Cl)c1. The summed E-state index contributed by atoms with van der Waals surface area (Å²) in [6.45, 7) is 1.68. The molecular formula is C24H20Cl4N4. The van der Waals surface area contributed by atoms with Crippen LogP contribution in [0.25, 0.3) is 11.3 Å². The quantitative estimate of drug-likeness (QED) is 0.264. The molecule has 4 nitrogen and oxygen atoms in total. The van der Waals surface area contributed by atoms with Crippen molar-refractivity contribution in [3.05, 3.63) is 104 Å². The van der Waals surface area contributed by atoms with Crippen molar-refractivity contribution in [3.8, 4) is 11.3 Å². The van der Waals surface area contributed by atoms with Crippen molar-refractivity contribution >= 4 is 46.4 Å². The highest BCUT2D eigenvalue weighted by Gasteiger charge is 2.15. The Hall–Kier alpha value is -2.08. The van der Waals surface area contributed by atoms with Crippen LogP contribution in [0.4, 0.5) is 0 Å². The molecule has 0 fully saturated rings. The summed E-state index contributed by atoms with van der Waals surface area (Å²) in [6.07, 6.45) is 0.778. The molecule has 0 aliphatic rings. The van der Waals surface area contributed by atoms with Gasteiger partial charge in [-0.3, -0.25) is 0 Å². The molecule has 0 atom stereocenters. The highest BCUT2D eigenvalue weighted by Crippen LogP contribution is 2.26. The Bertz CT molecular complexity index is 1190. The molecule has 4 rings (SSSR count). The highest BCUT2D eigenvalue weighted by molar-refractivity contribution is 6.36. The second kappa shape index (κ2) is 10.7. The third kappa shape index (κ3) is 5.64. The first-order valence-corrected chi connectivity index (χ1v) is 11.6. The monoisotopic (exact) mass is 504 g/mol. The molecular weight excluding hydrogens is 486 g/mol. The van der Waals surface area contributed by atoms with Gasteiger partial charge in [0.1, 0.15) is 11.4 Å². The van der Waals surface area contributed by atoms with Gasteiger partial charge < -0.3 is 5.32 Å². The fourth-order valence-electron chi connectivity index (χ4n) is 3.37.